The average molecular weight is 207 g/mol. The number of halogens is 2. The van der Waals surface area contributed by atoms with Crippen molar-refractivity contribution in [2.45, 2.75) is 52.4 Å². The molecule has 0 rings (SSSR count). The summed E-state index contributed by atoms with van der Waals surface area (Å²) in [6.07, 6.45) is 2.53. The van der Waals surface area contributed by atoms with E-state index in [1.54, 1.807) is 0 Å². The molecule has 86 valence electrons. The molecule has 0 aromatic rings. The van der Waals surface area contributed by atoms with Crippen molar-refractivity contribution in [3.63, 3.8) is 0 Å². The van der Waals surface area contributed by atoms with Crippen LogP contribution in [-0.4, -0.2) is 19.5 Å². The Kier molecular flexibility index (Phi) is 5.57. The van der Waals surface area contributed by atoms with Crippen molar-refractivity contribution in [2.75, 3.05) is 13.6 Å². The molecule has 0 unspecified atom stereocenters. The van der Waals surface area contributed by atoms with Gasteiger partial charge in [0.05, 0.1) is 0 Å². The van der Waals surface area contributed by atoms with Crippen LogP contribution >= 0.6 is 0 Å². The average Bonchev–Trinajstić information content (AvgIpc) is 1.96. The molecule has 1 nitrogen and oxygen atoms in total. The maximum atomic E-state index is 12.5. The van der Waals surface area contributed by atoms with Crippen LogP contribution in [0.1, 0.15) is 46.5 Å². The van der Waals surface area contributed by atoms with Crippen LogP contribution in [0, 0.1) is 5.41 Å². The fourth-order valence-electron chi connectivity index (χ4n) is 1.61. The van der Waals surface area contributed by atoms with Crippen LogP contribution in [0.2, 0.25) is 0 Å². The van der Waals surface area contributed by atoms with E-state index in [1.165, 1.54) is 0 Å². The van der Waals surface area contributed by atoms with E-state index < -0.39 is 5.92 Å². The molecule has 0 amide bonds. The van der Waals surface area contributed by atoms with Crippen LogP contribution in [0.3, 0.4) is 0 Å². The minimum absolute atomic E-state index is 0.0165. The van der Waals surface area contributed by atoms with Crippen LogP contribution in [0.15, 0.2) is 0 Å². The minimum atomic E-state index is -2.49. The Labute approximate surface area is 86.3 Å². The molecule has 0 aliphatic heterocycles. The number of hydrogen-bond donors (Lipinski definition) is 1. The molecule has 3 heteroatoms. The van der Waals surface area contributed by atoms with Gasteiger partial charge < -0.3 is 5.32 Å². The van der Waals surface area contributed by atoms with Gasteiger partial charge in [0.15, 0.2) is 0 Å². The Bertz CT molecular complexity index is 150. The van der Waals surface area contributed by atoms with Gasteiger partial charge in [0.25, 0.3) is 0 Å². The third kappa shape index (κ3) is 8.42. The van der Waals surface area contributed by atoms with E-state index in [9.17, 15) is 8.78 Å². The SMILES string of the molecule is CNCC(C)(C)CCCCC(C)(F)F. The molecule has 1 N–H and O–H groups in total. The maximum Gasteiger partial charge on any atom is 0.245 e. The predicted molar refractivity (Wildman–Crippen MR) is 56.8 cm³/mol. The van der Waals surface area contributed by atoms with Crippen LogP contribution in [0.25, 0.3) is 0 Å². The highest BCUT2D eigenvalue weighted by Gasteiger charge is 2.21. The fourth-order valence-corrected chi connectivity index (χ4v) is 1.61. The van der Waals surface area contributed by atoms with Gasteiger partial charge in [0.1, 0.15) is 0 Å². The molecule has 0 radical (unpaired) electrons. The topological polar surface area (TPSA) is 12.0 Å². The standard InChI is InChI=1S/C11H23F2N/c1-10(2,9-14-4)7-5-6-8-11(3,12)13/h14H,5-9H2,1-4H3. The first kappa shape index (κ1) is 13.8. The molecule has 0 heterocycles. The molecular weight excluding hydrogens is 184 g/mol. The zero-order valence-corrected chi connectivity index (χ0v) is 9.79. The number of nitrogens with one attached hydrogen (secondary N) is 1. The van der Waals surface area contributed by atoms with Crippen molar-refractivity contribution in [1.29, 1.82) is 0 Å². The zero-order chi connectivity index (χ0) is 11.2. The fraction of sp³-hybridized carbons (Fsp3) is 1.00. The molecule has 14 heavy (non-hydrogen) atoms. The van der Waals surface area contributed by atoms with Crippen LogP contribution in [0.4, 0.5) is 8.78 Å². The Hall–Kier alpha value is -0.180. The lowest BCUT2D eigenvalue weighted by atomic mass is 9.86. The summed E-state index contributed by atoms with van der Waals surface area (Å²) in [5.74, 6) is -2.49. The van der Waals surface area contributed by atoms with Gasteiger partial charge in [-0.2, -0.15) is 0 Å². The summed E-state index contributed by atoms with van der Waals surface area (Å²) in [5.41, 5.74) is 0.220. The molecular formula is C11H23F2N. The van der Waals surface area contributed by atoms with E-state index in [4.69, 9.17) is 0 Å². The highest BCUT2D eigenvalue weighted by atomic mass is 19.3. The van der Waals surface area contributed by atoms with Crippen LogP contribution < -0.4 is 5.32 Å². The van der Waals surface area contributed by atoms with Gasteiger partial charge >= 0.3 is 0 Å². The lowest BCUT2D eigenvalue weighted by molar-refractivity contribution is 0.00971. The number of alkyl halides is 2. The molecule has 0 fully saturated rings. The molecule has 0 spiro atoms. The molecule has 0 aromatic carbocycles. The summed E-state index contributed by atoms with van der Waals surface area (Å²) in [6.45, 7) is 6.25. The first-order chi connectivity index (χ1) is 6.27. The van der Waals surface area contributed by atoms with Gasteiger partial charge in [-0.05, 0) is 38.8 Å². The van der Waals surface area contributed by atoms with Crippen molar-refractivity contribution in [2.24, 2.45) is 5.41 Å². The smallest absolute Gasteiger partial charge is 0.245 e. The zero-order valence-electron chi connectivity index (χ0n) is 9.79. The highest BCUT2D eigenvalue weighted by Crippen LogP contribution is 2.25. The number of hydrogen-bond acceptors (Lipinski definition) is 1. The Balaban J connectivity index is 3.54. The summed E-state index contributed by atoms with van der Waals surface area (Å²) >= 11 is 0. The van der Waals surface area contributed by atoms with Crippen molar-refractivity contribution in [3.05, 3.63) is 0 Å². The highest BCUT2D eigenvalue weighted by molar-refractivity contribution is 4.71. The van der Waals surface area contributed by atoms with Gasteiger partial charge in [-0.1, -0.05) is 20.3 Å². The Morgan fingerprint density at radius 2 is 1.50 bits per heavy atom. The maximum absolute atomic E-state index is 12.5. The molecule has 0 aliphatic rings. The minimum Gasteiger partial charge on any atom is -0.319 e. The van der Waals surface area contributed by atoms with Crippen LogP contribution in [-0.2, 0) is 0 Å². The third-order valence-corrected chi connectivity index (χ3v) is 2.37. The van der Waals surface area contributed by atoms with E-state index in [0.29, 0.717) is 6.42 Å². The van der Waals surface area contributed by atoms with E-state index in [-0.39, 0.29) is 11.8 Å². The summed E-state index contributed by atoms with van der Waals surface area (Å²) in [7, 11) is 1.92. The number of unbranched alkanes of at least 4 members (excludes halogenated alkanes) is 1. The van der Waals surface area contributed by atoms with Gasteiger partial charge in [-0.15, -0.1) is 0 Å². The largest absolute Gasteiger partial charge is 0.319 e. The van der Waals surface area contributed by atoms with Crippen molar-refractivity contribution in [1.82, 2.24) is 5.32 Å². The Morgan fingerprint density at radius 3 is 1.93 bits per heavy atom. The lowest BCUT2D eigenvalue weighted by Gasteiger charge is -2.24. The molecule has 0 saturated heterocycles. The summed E-state index contributed by atoms with van der Waals surface area (Å²) < 4.78 is 25.0. The van der Waals surface area contributed by atoms with Gasteiger partial charge in [-0.25, -0.2) is 8.78 Å². The van der Waals surface area contributed by atoms with E-state index >= 15 is 0 Å². The van der Waals surface area contributed by atoms with Crippen molar-refractivity contribution in [3.8, 4) is 0 Å². The normalized spacial score (nSPS) is 13.3. The monoisotopic (exact) mass is 207 g/mol. The second kappa shape index (κ2) is 5.64. The van der Waals surface area contributed by atoms with Gasteiger partial charge in [0.2, 0.25) is 5.92 Å². The summed E-state index contributed by atoms with van der Waals surface area (Å²) in [6, 6.07) is 0. The Morgan fingerprint density at radius 1 is 1.00 bits per heavy atom. The van der Waals surface area contributed by atoms with E-state index in [2.05, 4.69) is 19.2 Å². The second-order valence-corrected chi connectivity index (χ2v) is 4.97. The third-order valence-electron chi connectivity index (χ3n) is 2.37. The first-order valence-corrected chi connectivity index (χ1v) is 5.29. The molecule has 0 aromatic heterocycles. The van der Waals surface area contributed by atoms with Crippen molar-refractivity contribution < 1.29 is 8.78 Å². The lowest BCUT2D eigenvalue weighted by Crippen LogP contribution is -2.26. The van der Waals surface area contributed by atoms with E-state index in [0.717, 1.165) is 26.3 Å². The van der Waals surface area contributed by atoms with Gasteiger partial charge in [-0.3, -0.25) is 0 Å². The summed E-state index contributed by atoms with van der Waals surface area (Å²) in [4.78, 5) is 0. The first-order valence-electron chi connectivity index (χ1n) is 5.29. The molecule has 0 atom stereocenters. The van der Waals surface area contributed by atoms with Gasteiger partial charge in [0, 0.05) is 6.42 Å². The molecule has 0 saturated carbocycles. The molecule has 0 aliphatic carbocycles. The summed E-state index contributed by atoms with van der Waals surface area (Å²) in [5, 5.41) is 3.12. The molecule has 0 bridgehead atoms. The predicted octanol–water partition coefficient (Wildman–Crippen LogP) is 3.45. The second-order valence-electron chi connectivity index (χ2n) is 4.97. The quantitative estimate of drug-likeness (QED) is 0.630. The van der Waals surface area contributed by atoms with Crippen LogP contribution in [0.5, 0.6) is 0 Å². The van der Waals surface area contributed by atoms with Crippen molar-refractivity contribution >= 4 is 0 Å². The number of rotatable bonds is 7. The van der Waals surface area contributed by atoms with E-state index in [1.807, 2.05) is 7.05 Å².